The first kappa shape index (κ1) is 24.1. The third-order valence-electron chi connectivity index (χ3n) is 6.32. The lowest BCUT2D eigenvalue weighted by molar-refractivity contribution is 0.184. The van der Waals surface area contributed by atoms with Gasteiger partial charge in [0.05, 0.1) is 37.9 Å². The molecule has 1 aromatic heterocycles. The molecule has 0 spiro atoms. The van der Waals surface area contributed by atoms with E-state index in [2.05, 4.69) is 11.8 Å². The van der Waals surface area contributed by atoms with Crippen LogP contribution in [-0.2, 0) is 6.42 Å². The highest BCUT2D eigenvalue weighted by Crippen LogP contribution is 2.39. The van der Waals surface area contributed by atoms with Crippen molar-refractivity contribution >= 4 is 51.4 Å². The van der Waals surface area contributed by atoms with Gasteiger partial charge in [0.1, 0.15) is 0 Å². The Hall–Kier alpha value is -2.05. The summed E-state index contributed by atoms with van der Waals surface area (Å²) in [6, 6.07) is 10.5. The Morgan fingerprint density at radius 3 is 2.58 bits per heavy atom. The van der Waals surface area contributed by atoms with Gasteiger partial charge in [-0.15, -0.1) is 0 Å². The standard InChI is InChI=1S/C25H26Cl3N3O2/c1-14-17(15-5-7-19(27)20(28)11-15)13-22-23(24(14)29-9-4-10-30(2)3)25(32)18-12-16(26)6-8-21(18)31(22)33/h5-8,11-12,14,17,33H,4,9-10,13H2,1-3H3. The summed E-state index contributed by atoms with van der Waals surface area (Å²) in [6.45, 7) is 3.56. The monoisotopic (exact) mass is 505 g/mol. The van der Waals surface area contributed by atoms with E-state index in [0.717, 1.165) is 23.3 Å². The maximum atomic E-state index is 13.6. The summed E-state index contributed by atoms with van der Waals surface area (Å²) in [6.07, 6.45) is 1.33. The minimum atomic E-state index is -0.154. The predicted molar refractivity (Wildman–Crippen MR) is 137 cm³/mol. The average molecular weight is 507 g/mol. The van der Waals surface area contributed by atoms with Gasteiger partial charge in [-0.2, -0.15) is 4.73 Å². The number of rotatable bonds is 5. The zero-order valence-corrected chi connectivity index (χ0v) is 21.0. The Morgan fingerprint density at radius 1 is 1.12 bits per heavy atom. The molecule has 174 valence electrons. The van der Waals surface area contributed by atoms with Crippen molar-refractivity contribution in [3.8, 4) is 0 Å². The molecular weight excluding hydrogens is 481 g/mol. The number of hydrogen-bond donors (Lipinski definition) is 1. The van der Waals surface area contributed by atoms with E-state index in [1.807, 2.05) is 26.2 Å². The van der Waals surface area contributed by atoms with Crippen LogP contribution in [0.5, 0.6) is 0 Å². The van der Waals surface area contributed by atoms with Crippen LogP contribution in [0.1, 0.15) is 36.1 Å². The summed E-state index contributed by atoms with van der Waals surface area (Å²) in [5, 5.41) is 12.9. The Morgan fingerprint density at radius 2 is 1.88 bits per heavy atom. The largest absolute Gasteiger partial charge is 0.428 e. The molecule has 0 aliphatic heterocycles. The van der Waals surface area contributed by atoms with Crippen LogP contribution in [0.4, 0.5) is 0 Å². The summed E-state index contributed by atoms with van der Waals surface area (Å²) in [5.41, 5.74) is 3.00. The van der Waals surface area contributed by atoms with Crippen molar-refractivity contribution in [3.05, 3.63) is 78.5 Å². The second-order valence-electron chi connectivity index (χ2n) is 8.82. The summed E-state index contributed by atoms with van der Waals surface area (Å²) < 4.78 is 1.12. The highest BCUT2D eigenvalue weighted by atomic mass is 35.5. The molecule has 1 aliphatic carbocycles. The second kappa shape index (κ2) is 9.67. The molecule has 0 radical (unpaired) electrons. The van der Waals surface area contributed by atoms with Crippen LogP contribution in [0.2, 0.25) is 15.1 Å². The van der Waals surface area contributed by atoms with Crippen LogP contribution in [0.15, 0.2) is 46.2 Å². The molecule has 1 N–H and O–H groups in total. The van der Waals surface area contributed by atoms with Gasteiger partial charge >= 0.3 is 0 Å². The van der Waals surface area contributed by atoms with Gasteiger partial charge in [0.15, 0.2) is 5.43 Å². The Bertz CT molecular complexity index is 1300. The molecule has 5 nitrogen and oxygen atoms in total. The zero-order chi connectivity index (χ0) is 23.9. The lowest BCUT2D eigenvalue weighted by Crippen LogP contribution is -2.36. The van der Waals surface area contributed by atoms with Gasteiger partial charge in [-0.1, -0.05) is 47.8 Å². The van der Waals surface area contributed by atoms with Crippen molar-refractivity contribution in [2.24, 2.45) is 10.9 Å². The Labute approximate surface area is 208 Å². The summed E-state index contributed by atoms with van der Waals surface area (Å²) in [4.78, 5) is 20.6. The first-order valence-electron chi connectivity index (χ1n) is 10.9. The van der Waals surface area contributed by atoms with Crippen molar-refractivity contribution in [1.82, 2.24) is 9.63 Å². The summed E-state index contributed by atoms with van der Waals surface area (Å²) >= 11 is 18.6. The number of nitrogens with zero attached hydrogens (tertiary/aromatic N) is 3. The lowest BCUT2D eigenvalue weighted by atomic mass is 9.73. The smallest absolute Gasteiger partial charge is 0.199 e. The maximum absolute atomic E-state index is 13.6. The van der Waals surface area contributed by atoms with Crippen molar-refractivity contribution in [2.45, 2.75) is 25.7 Å². The van der Waals surface area contributed by atoms with Crippen molar-refractivity contribution in [1.29, 1.82) is 0 Å². The molecule has 2 atom stereocenters. The van der Waals surface area contributed by atoms with Gasteiger partial charge in [-0.3, -0.25) is 9.79 Å². The van der Waals surface area contributed by atoms with E-state index in [1.165, 1.54) is 0 Å². The fraction of sp³-hybridized carbons (Fsp3) is 0.360. The number of fused-ring (bicyclic) bond motifs is 2. The van der Waals surface area contributed by atoms with Crippen LogP contribution in [0.3, 0.4) is 0 Å². The Balaban J connectivity index is 1.90. The van der Waals surface area contributed by atoms with Gasteiger partial charge < -0.3 is 10.1 Å². The molecule has 0 bridgehead atoms. The van der Waals surface area contributed by atoms with Gasteiger partial charge in [-0.05, 0) is 75.3 Å². The topological polar surface area (TPSA) is 57.8 Å². The molecule has 33 heavy (non-hydrogen) atoms. The molecule has 8 heteroatoms. The molecule has 0 fully saturated rings. The normalized spacial score (nSPS) is 19.4. The Kier molecular flexibility index (Phi) is 7.06. The van der Waals surface area contributed by atoms with E-state index in [-0.39, 0.29) is 17.3 Å². The van der Waals surface area contributed by atoms with Crippen LogP contribution in [0, 0.1) is 5.92 Å². The van der Waals surface area contributed by atoms with Crippen molar-refractivity contribution in [3.63, 3.8) is 0 Å². The molecule has 1 heterocycles. The van der Waals surface area contributed by atoms with E-state index >= 15 is 0 Å². The minimum Gasteiger partial charge on any atom is -0.428 e. The van der Waals surface area contributed by atoms with E-state index < -0.39 is 0 Å². The third kappa shape index (κ3) is 4.65. The maximum Gasteiger partial charge on any atom is 0.199 e. The molecule has 2 aromatic carbocycles. The van der Waals surface area contributed by atoms with E-state index in [9.17, 15) is 10.0 Å². The summed E-state index contributed by atoms with van der Waals surface area (Å²) in [5.74, 6) is -0.0825. The van der Waals surface area contributed by atoms with Crippen LogP contribution >= 0.6 is 34.8 Å². The minimum absolute atomic E-state index is 0.0255. The highest BCUT2D eigenvalue weighted by Gasteiger charge is 2.36. The van der Waals surface area contributed by atoms with E-state index in [0.29, 0.717) is 55.9 Å². The number of benzene rings is 2. The first-order valence-corrected chi connectivity index (χ1v) is 12.0. The quantitative estimate of drug-likeness (QED) is 0.345. The fourth-order valence-electron chi connectivity index (χ4n) is 4.61. The first-order chi connectivity index (χ1) is 15.7. The number of aliphatic imine (C=N–C) groups is 1. The summed E-state index contributed by atoms with van der Waals surface area (Å²) in [7, 11) is 4.04. The van der Waals surface area contributed by atoms with Gasteiger partial charge in [0.25, 0.3) is 0 Å². The van der Waals surface area contributed by atoms with Gasteiger partial charge in [-0.25, -0.2) is 0 Å². The molecule has 0 saturated carbocycles. The molecule has 1 aliphatic rings. The molecule has 0 amide bonds. The number of hydrogen-bond acceptors (Lipinski definition) is 4. The number of pyridine rings is 1. The van der Waals surface area contributed by atoms with Gasteiger partial charge in [0, 0.05) is 17.5 Å². The molecule has 3 aromatic rings. The molecule has 2 unspecified atom stereocenters. The van der Waals surface area contributed by atoms with Crippen molar-refractivity contribution < 1.29 is 5.21 Å². The third-order valence-corrected chi connectivity index (χ3v) is 7.30. The molecule has 4 rings (SSSR count). The number of halogens is 3. The van der Waals surface area contributed by atoms with Gasteiger partial charge in [0.2, 0.25) is 0 Å². The van der Waals surface area contributed by atoms with Crippen LogP contribution < -0.4 is 5.43 Å². The SMILES string of the molecule is CC1C(=NCCCN(C)C)c2c(n(O)c3ccc(Cl)cc3c2=O)CC1c1ccc(Cl)c(Cl)c1. The highest BCUT2D eigenvalue weighted by molar-refractivity contribution is 6.42. The molecular formula is C25H26Cl3N3O2. The van der Waals surface area contributed by atoms with Crippen LogP contribution in [0.25, 0.3) is 10.9 Å². The number of aromatic nitrogens is 1. The average Bonchev–Trinajstić information content (AvgIpc) is 2.77. The van der Waals surface area contributed by atoms with Crippen LogP contribution in [-0.4, -0.2) is 47.7 Å². The van der Waals surface area contributed by atoms with Crippen molar-refractivity contribution in [2.75, 3.05) is 27.2 Å². The predicted octanol–water partition coefficient (Wildman–Crippen LogP) is 5.92. The fourth-order valence-corrected chi connectivity index (χ4v) is 5.09. The lowest BCUT2D eigenvalue weighted by Gasteiger charge is -2.33. The van der Waals surface area contributed by atoms with E-state index in [4.69, 9.17) is 39.8 Å². The van der Waals surface area contributed by atoms with E-state index in [1.54, 1.807) is 24.3 Å². The second-order valence-corrected chi connectivity index (χ2v) is 10.1. The zero-order valence-electron chi connectivity index (χ0n) is 18.8. The molecule has 0 saturated heterocycles.